The number of rotatable bonds is 7. The van der Waals surface area contributed by atoms with Crippen LogP contribution >= 0.6 is 0 Å². The third kappa shape index (κ3) is 8.24. The van der Waals surface area contributed by atoms with Crippen LogP contribution in [-0.4, -0.2) is 37.6 Å². The number of hydrogen-bond acceptors (Lipinski definition) is 5. The second-order valence-corrected chi connectivity index (χ2v) is 3.68. The zero-order valence-corrected chi connectivity index (χ0v) is 10.4. The van der Waals surface area contributed by atoms with Crippen molar-refractivity contribution in [3.63, 3.8) is 0 Å². The third-order valence-corrected chi connectivity index (χ3v) is 2.04. The lowest BCUT2D eigenvalue weighted by atomic mass is 10.1. The maximum Gasteiger partial charge on any atom is 0.407 e. The van der Waals surface area contributed by atoms with Crippen LogP contribution in [0.2, 0.25) is 0 Å². The smallest absolute Gasteiger partial charge is 0.407 e. The van der Waals surface area contributed by atoms with E-state index in [2.05, 4.69) is 10.1 Å². The van der Waals surface area contributed by atoms with Gasteiger partial charge in [0, 0.05) is 0 Å². The first-order valence-electron chi connectivity index (χ1n) is 5.54. The van der Waals surface area contributed by atoms with Crippen LogP contribution in [0.5, 0.6) is 0 Å². The van der Waals surface area contributed by atoms with Gasteiger partial charge in [-0.3, -0.25) is 9.59 Å². The van der Waals surface area contributed by atoms with E-state index in [0.717, 1.165) is 0 Å². The standard InChI is InChI=1S/C11H19NO5/c1-4-8(2)10(14)16-6-5-12-11(15)17-7-9(3)13/h8H,4-7H2,1-3H3,(H,12,15). The number of carbonyl (C=O) groups is 3. The van der Waals surface area contributed by atoms with Gasteiger partial charge in [0.1, 0.15) is 6.61 Å². The summed E-state index contributed by atoms with van der Waals surface area (Å²) >= 11 is 0. The topological polar surface area (TPSA) is 81.7 Å². The minimum Gasteiger partial charge on any atom is -0.464 e. The predicted octanol–water partition coefficient (Wildman–Crippen LogP) is 0.891. The molecule has 0 bridgehead atoms. The number of ether oxygens (including phenoxy) is 2. The maximum absolute atomic E-state index is 11.2. The Kier molecular flexibility index (Phi) is 7.75. The quantitative estimate of drug-likeness (QED) is 0.532. The highest BCUT2D eigenvalue weighted by Gasteiger charge is 2.11. The Morgan fingerprint density at radius 2 is 1.88 bits per heavy atom. The molecule has 1 atom stereocenters. The highest BCUT2D eigenvalue weighted by Crippen LogP contribution is 2.02. The Hall–Kier alpha value is -1.59. The first-order valence-corrected chi connectivity index (χ1v) is 5.54. The van der Waals surface area contributed by atoms with Gasteiger partial charge < -0.3 is 14.8 Å². The zero-order valence-electron chi connectivity index (χ0n) is 10.4. The average Bonchev–Trinajstić information content (AvgIpc) is 2.30. The largest absolute Gasteiger partial charge is 0.464 e. The molecule has 1 amide bonds. The van der Waals surface area contributed by atoms with Crippen LogP contribution in [0.1, 0.15) is 27.2 Å². The molecule has 0 heterocycles. The van der Waals surface area contributed by atoms with Crippen molar-refractivity contribution in [3.05, 3.63) is 0 Å². The molecule has 0 spiro atoms. The molecule has 0 aliphatic carbocycles. The van der Waals surface area contributed by atoms with Gasteiger partial charge in [0.05, 0.1) is 12.5 Å². The monoisotopic (exact) mass is 245 g/mol. The van der Waals surface area contributed by atoms with E-state index in [9.17, 15) is 14.4 Å². The Labute approximate surface area is 101 Å². The van der Waals surface area contributed by atoms with Gasteiger partial charge in [0.25, 0.3) is 0 Å². The Balaban J connectivity index is 3.54. The Morgan fingerprint density at radius 3 is 2.41 bits per heavy atom. The van der Waals surface area contributed by atoms with Crippen LogP contribution in [0.3, 0.4) is 0 Å². The summed E-state index contributed by atoms with van der Waals surface area (Å²) < 4.78 is 9.43. The fourth-order valence-corrected chi connectivity index (χ4v) is 0.832. The van der Waals surface area contributed by atoms with Crippen LogP contribution in [-0.2, 0) is 19.1 Å². The maximum atomic E-state index is 11.2. The highest BCUT2D eigenvalue weighted by atomic mass is 16.6. The van der Waals surface area contributed by atoms with Crippen molar-refractivity contribution in [2.45, 2.75) is 27.2 Å². The van der Waals surface area contributed by atoms with Crippen molar-refractivity contribution in [3.8, 4) is 0 Å². The number of nitrogens with one attached hydrogen (secondary N) is 1. The fraction of sp³-hybridized carbons (Fsp3) is 0.727. The van der Waals surface area contributed by atoms with Gasteiger partial charge in [-0.25, -0.2) is 4.79 Å². The van der Waals surface area contributed by atoms with E-state index < -0.39 is 6.09 Å². The highest BCUT2D eigenvalue weighted by molar-refractivity contribution is 5.79. The molecule has 0 saturated carbocycles. The van der Waals surface area contributed by atoms with Gasteiger partial charge in [-0.05, 0) is 13.3 Å². The summed E-state index contributed by atoms with van der Waals surface area (Å²) in [4.78, 5) is 32.7. The Bertz CT molecular complexity index is 277. The molecule has 0 saturated heterocycles. The first kappa shape index (κ1) is 15.4. The summed E-state index contributed by atoms with van der Waals surface area (Å²) in [6, 6.07) is 0. The van der Waals surface area contributed by atoms with Crippen molar-refractivity contribution in [1.82, 2.24) is 5.32 Å². The average molecular weight is 245 g/mol. The lowest BCUT2D eigenvalue weighted by Crippen LogP contribution is -2.30. The zero-order chi connectivity index (χ0) is 13.3. The molecule has 17 heavy (non-hydrogen) atoms. The summed E-state index contributed by atoms with van der Waals surface area (Å²) in [7, 11) is 0. The summed E-state index contributed by atoms with van der Waals surface area (Å²) in [5.74, 6) is -0.658. The van der Waals surface area contributed by atoms with Gasteiger partial charge in [-0.1, -0.05) is 13.8 Å². The second-order valence-electron chi connectivity index (χ2n) is 3.68. The molecule has 0 aromatic rings. The fourth-order valence-electron chi connectivity index (χ4n) is 0.832. The van der Waals surface area contributed by atoms with Crippen LogP contribution in [0, 0.1) is 5.92 Å². The van der Waals surface area contributed by atoms with Crippen LogP contribution in [0.4, 0.5) is 4.79 Å². The molecule has 0 rings (SSSR count). The van der Waals surface area contributed by atoms with Crippen LogP contribution < -0.4 is 5.32 Å². The first-order chi connectivity index (χ1) is 7.97. The van der Waals surface area contributed by atoms with Crippen LogP contribution in [0.25, 0.3) is 0 Å². The van der Waals surface area contributed by atoms with Crippen LogP contribution in [0.15, 0.2) is 0 Å². The number of Topliss-reactive ketones (excluding diaryl/α,β-unsaturated/α-hetero) is 1. The molecule has 0 aromatic heterocycles. The molecule has 0 fully saturated rings. The molecule has 0 aliphatic heterocycles. The molecular formula is C11H19NO5. The summed E-state index contributed by atoms with van der Waals surface area (Å²) in [6.07, 6.45) is 0.0206. The van der Waals surface area contributed by atoms with E-state index in [1.807, 2.05) is 6.92 Å². The third-order valence-electron chi connectivity index (χ3n) is 2.04. The predicted molar refractivity (Wildman–Crippen MR) is 60.4 cm³/mol. The van der Waals surface area contributed by atoms with Crippen molar-refractivity contribution in [1.29, 1.82) is 0 Å². The molecule has 0 aliphatic rings. The van der Waals surface area contributed by atoms with E-state index in [1.165, 1.54) is 6.92 Å². The number of esters is 1. The van der Waals surface area contributed by atoms with E-state index in [-0.39, 0.29) is 37.4 Å². The van der Waals surface area contributed by atoms with Crippen molar-refractivity contribution in [2.75, 3.05) is 19.8 Å². The van der Waals surface area contributed by atoms with E-state index in [4.69, 9.17) is 4.74 Å². The van der Waals surface area contributed by atoms with Gasteiger partial charge in [-0.2, -0.15) is 0 Å². The number of hydrogen-bond donors (Lipinski definition) is 1. The summed E-state index contributed by atoms with van der Waals surface area (Å²) in [5, 5.41) is 2.36. The van der Waals surface area contributed by atoms with Crippen molar-refractivity contribution in [2.24, 2.45) is 5.92 Å². The molecule has 1 N–H and O–H groups in total. The van der Waals surface area contributed by atoms with Gasteiger partial charge >= 0.3 is 12.1 Å². The minimum atomic E-state index is -0.695. The minimum absolute atomic E-state index is 0.0956. The van der Waals surface area contributed by atoms with E-state index >= 15 is 0 Å². The number of carbonyl (C=O) groups excluding carboxylic acids is 3. The molecule has 0 aromatic carbocycles. The van der Waals surface area contributed by atoms with E-state index in [1.54, 1.807) is 6.92 Å². The summed E-state index contributed by atoms with van der Waals surface area (Å²) in [5.41, 5.74) is 0. The van der Waals surface area contributed by atoms with Gasteiger partial charge in [0.15, 0.2) is 12.4 Å². The molecule has 6 nitrogen and oxygen atoms in total. The lowest BCUT2D eigenvalue weighted by Gasteiger charge is -2.09. The molecule has 98 valence electrons. The normalized spacial score (nSPS) is 11.5. The van der Waals surface area contributed by atoms with Gasteiger partial charge in [0.2, 0.25) is 0 Å². The molecular weight excluding hydrogens is 226 g/mol. The van der Waals surface area contributed by atoms with E-state index in [0.29, 0.717) is 6.42 Å². The second kappa shape index (κ2) is 8.55. The summed E-state index contributed by atoms with van der Waals surface area (Å²) in [6.45, 7) is 5.00. The van der Waals surface area contributed by atoms with Gasteiger partial charge in [-0.15, -0.1) is 0 Å². The number of ketones is 1. The van der Waals surface area contributed by atoms with Crippen molar-refractivity contribution < 1.29 is 23.9 Å². The Morgan fingerprint density at radius 1 is 1.24 bits per heavy atom. The van der Waals surface area contributed by atoms with Crippen molar-refractivity contribution >= 4 is 17.8 Å². The molecule has 0 radical (unpaired) electrons. The molecule has 1 unspecified atom stereocenters. The number of amides is 1. The lowest BCUT2D eigenvalue weighted by molar-refractivity contribution is -0.147. The molecule has 6 heteroatoms. The number of alkyl carbamates (subject to hydrolysis) is 1. The SMILES string of the molecule is CCC(C)C(=O)OCCNC(=O)OCC(C)=O.